The molecule has 2 aromatic rings. The molecule has 0 bridgehead atoms. The van der Waals surface area contributed by atoms with Gasteiger partial charge >= 0.3 is 0 Å². The number of benzene rings is 1. The number of aromatic nitrogens is 2. The van der Waals surface area contributed by atoms with E-state index in [4.69, 9.17) is 4.52 Å². The van der Waals surface area contributed by atoms with Crippen molar-refractivity contribution < 1.29 is 9.32 Å². The van der Waals surface area contributed by atoms with Gasteiger partial charge in [0.05, 0.1) is 6.54 Å². The maximum Gasteiger partial charge on any atom is 0.244 e. The van der Waals surface area contributed by atoms with Gasteiger partial charge in [-0.2, -0.15) is 4.98 Å². The first-order valence-electron chi connectivity index (χ1n) is 8.50. The number of carbonyl (C=O) groups is 1. The number of nitrogens with zero attached hydrogens (tertiary/aromatic N) is 3. The molecule has 1 saturated heterocycles. The van der Waals surface area contributed by atoms with Crippen molar-refractivity contribution in [2.45, 2.75) is 39.3 Å². The monoisotopic (exact) mass is 328 g/mol. The molecule has 0 radical (unpaired) electrons. The van der Waals surface area contributed by atoms with Crippen molar-refractivity contribution in [2.75, 3.05) is 13.1 Å². The number of piperidine rings is 1. The summed E-state index contributed by atoms with van der Waals surface area (Å²) in [5.74, 6) is 1.90. The first kappa shape index (κ1) is 16.6. The lowest BCUT2D eigenvalue weighted by molar-refractivity contribution is -0.135. The summed E-state index contributed by atoms with van der Waals surface area (Å²) in [4.78, 5) is 19.2. The van der Waals surface area contributed by atoms with Crippen LogP contribution in [-0.2, 0) is 11.3 Å². The molecular weight excluding hydrogens is 304 g/mol. The van der Waals surface area contributed by atoms with Crippen LogP contribution in [0.4, 0.5) is 0 Å². The van der Waals surface area contributed by atoms with Crippen molar-refractivity contribution in [1.82, 2.24) is 20.4 Å². The molecule has 0 saturated carbocycles. The Morgan fingerprint density at radius 1 is 1.33 bits per heavy atom. The van der Waals surface area contributed by atoms with Crippen LogP contribution in [0.2, 0.25) is 0 Å². The average molecular weight is 328 g/mol. The molecule has 1 aliphatic rings. The zero-order valence-electron chi connectivity index (χ0n) is 14.2. The summed E-state index contributed by atoms with van der Waals surface area (Å²) in [5, 5.41) is 7.08. The van der Waals surface area contributed by atoms with E-state index in [-0.39, 0.29) is 5.91 Å². The Hall–Kier alpha value is -2.21. The SMILES string of the molecule is Cc1noc(CN[C@@H](C(=O)N2CCC(C)CC2)c2ccccc2)n1. The number of hydrogen-bond acceptors (Lipinski definition) is 5. The zero-order valence-corrected chi connectivity index (χ0v) is 14.2. The van der Waals surface area contributed by atoms with Crippen LogP contribution in [-0.4, -0.2) is 34.0 Å². The van der Waals surface area contributed by atoms with Gasteiger partial charge in [-0.25, -0.2) is 0 Å². The number of hydrogen-bond donors (Lipinski definition) is 1. The lowest BCUT2D eigenvalue weighted by Gasteiger charge is -2.33. The van der Waals surface area contributed by atoms with Crippen LogP contribution in [0.25, 0.3) is 0 Å². The van der Waals surface area contributed by atoms with E-state index in [1.165, 1.54) is 0 Å². The van der Waals surface area contributed by atoms with Crippen molar-refractivity contribution in [1.29, 1.82) is 0 Å². The molecule has 128 valence electrons. The molecule has 3 rings (SSSR count). The molecule has 6 heteroatoms. The van der Waals surface area contributed by atoms with Crippen molar-refractivity contribution in [3.8, 4) is 0 Å². The van der Waals surface area contributed by atoms with E-state index in [0.717, 1.165) is 31.5 Å². The molecule has 0 unspecified atom stereocenters. The summed E-state index contributed by atoms with van der Waals surface area (Å²) >= 11 is 0. The van der Waals surface area contributed by atoms with E-state index in [1.807, 2.05) is 35.2 Å². The van der Waals surface area contributed by atoms with Gasteiger partial charge in [0.1, 0.15) is 6.04 Å². The van der Waals surface area contributed by atoms with Gasteiger partial charge in [-0.1, -0.05) is 42.4 Å². The molecule has 1 fully saturated rings. The van der Waals surface area contributed by atoms with Crippen molar-refractivity contribution in [3.63, 3.8) is 0 Å². The van der Waals surface area contributed by atoms with E-state index < -0.39 is 6.04 Å². The third-order valence-corrected chi connectivity index (χ3v) is 4.50. The molecule has 1 atom stereocenters. The smallest absolute Gasteiger partial charge is 0.244 e. The van der Waals surface area contributed by atoms with Gasteiger partial charge in [0, 0.05) is 13.1 Å². The third-order valence-electron chi connectivity index (χ3n) is 4.50. The predicted octanol–water partition coefficient (Wildman–Crippen LogP) is 2.47. The van der Waals surface area contributed by atoms with Gasteiger partial charge in [0.25, 0.3) is 0 Å². The fourth-order valence-electron chi connectivity index (χ4n) is 3.01. The Kier molecular flexibility index (Phi) is 5.25. The quantitative estimate of drug-likeness (QED) is 0.913. The van der Waals surface area contributed by atoms with Crippen LogP contribution >= 0.6 is 0 Å². The maximum atomic E-state index is 13.0. The molecule has 6 nitrogen and oxygen atoms in total. The predicted molar refractivity (Wildman–Crippen MR) is 90.0 cm³/mol. The van der Waals surface area contributed by atoms with Crippen LogP contribution in [0.5, 0.6) is 0 Å². The normalized spacial score (nSPS) is 17.0. The fraction of sp³-hybridized carbons (Fsp3) is 0.500. The van der Waals surface area contributed by atoms with Gasteiger partial charge in [-0.05, 0) is 31.2 Å². The first-order chi connectivity index (χ1) is 11.6. The highest BCUT2D eigenvalue weighted by atomic mass is 16.5. The molecule has 1 aromatic carbocycles. The minimum absolute atomic E-state index is 0.115. The van der Waals surface area contributed by atoms with Gasteiger partial charge in [-0.3, -0.25) is 10.1 Å². The second kappa shape index (κ2) is 7.57. The largest absolute Gasteiger partial charge is 0.341 e. The first-order valence-corrected chi connectivity index (χ1v) is 8.50. The zero-order chi connectivity index (χ0) is 16.9. The summed E-state index contributed by atoms with van der Waals surface area (Å²) in [5.41, 5.74) is 0.956. The molecule has 0 spiro atoms. The van der Waals surface area contributed by atoms with Crippen LogP contribution in [0.1, 0.15) is 43.1 Å². The lowest BCUT2D eigenvalue weighted by Crippen LogP contribution is -2.44. The van der Waals surface area contributed by atoms with Crippen LogP contribution in [0, 0.1) is 12.8 Å². The van der Waals surface area contributed by atoms with Gasteiger partial charge in [0.2, 0.25) is 11.8 Å². The minimum Gasteiger partial charge on any atom is -0.341 e. The molecule has 1 aromatic heterocycles. The molecular formula is C18H24N4O2. The fourth-order valence-corrected chi connectivity index (χ4v) is 3.01. The molecule has 1 N–H and O–H groups in total. The highest BCUT2D eigenvalue weighted by Gasteiger charge is 2.28. The number of carbonyl (C=O) groups excluding carboxylic acids is 1. The van der Waals surface area contributed by atoms with E-state index >= 15 is 0 Å². The Morgan fingerprint density at radius 2 is 2.04 bits per heavy atom. The van der Waals surface area contributed by atoms with Crippen molar-refractivity contribution >= 4 is 5.91 Å². The Balaban J connectivity index is 1.73. The highest BCUT2D eigenvalue weighted by molar-refractivity contribution is 5.83. The average Bonchev–Trinajstić information content (AvgIpc) is 3.02. The summed E-state index contributed by atoms with van der Waals surface area (Å²) < 4.78 is 5.14. The van der Waals surface area contributed by atoms with Crippen LogP contribution in [0.3, 0.4) is 0 Å². The minimum atomic E-state index is -0.396. The molecule has 1 aliphatic heterocycles. The molecule has 0 aliphatic carbocycles. The van der Waals surface area contributed by atoms with Gasteiger partial charge in [0.15, 0.2) is 5.82 Å². The number of likely N-dealkylation sites (tertiary alicyclic amines) is 1. The second-order valence-corrected chi connectivity index (χ2v) is 6.47. The number of amides is 1. The maximum absolute atomic E-state index is 13.0. The standard InChI is InChI=1S/C18H24N4O2/c1-13-8-10-22(11-9-13)18(23)17(15-6-4-3-5-7-15)19-12-16-20-14(2)21-24-16/h3-7,13,17,19H,8-12H2,1-2H3/t17-/m1/s1. The highest BCUT2D eigenvalue weighted by Crippen LogP contribution is 2.22. The topological polar surface area (TPSA) is 71.3 Å². The van der Waals surface area contributed by atoms with Crippen molar-refractivity contribution in [3.05, 3.63) is 47.6 Å². The summed E-state index contributed by atoms with van der Waals surface area (Å²) in [6, 6.07) is 9.41. The van der Waals surface area contributed by atoms with Gasteiger partial charge < -0.3 is 9.42 Å². The van der Waals surface area contributed by atoms with E-state index in [9.17, 15) is 4.79 Å². The van der Waals surface area contributed by atoms with Crippen LogP contribution in [0.15, 0.2) is 34.9 Å². The Bertz CT molecular complexity index is 663. The van der Waals surface area contributed by atoms with Crippen molar-refractivity contribution in [2.24, 2.45) is 5.92 Å². The van der Waals surface area contributed by atoms with Crippen LogP contribution < -0.4 is 5.32 Å². The third kappa shape index (κ3) is 4.00. The lowest BCUT2D eigenvalue weighted by atomic mass is 9.97. The molecule has 24 heavy (non-hydrogen) atoms. The Labute approximate surface area is 142 Å². The van der Waals surface area contributed by atoms with E-state index in [0.29, 0.717) is 24.2 Å². The number of nitrogens with one attached hydrogen (secondary N) is 1. The summed E-state index contributed by atoms with van der Waals surface area (Å²) in [6.45, 7) is 6.04. The number of rotatable bonds is 5. The Morgan fingerprint density at radius 3 is 2.67 bits per heavy atom. The summed E-state index contributed by atoms with van der Waals surface area (Å²) in [6.07, 6.45) is 2.13. The van der Waals surface area contributed by atoms with Gasteiger partial charge in [-0.15, -0.1) is 0 Å². The van der Waals surface area contributed by atoms with E-state index in [1.54, 1.807) is 6.92 Å². The molecule has 1 amide bonds. The number of aryl methyl sites for hydroxylation is 1. The molecule has 2 heterocycles. The van der Waals surface area contributed by atoms with E-state index in [2.05, 4.69) is 22.4 Å². The summed E-state index contributed by atoms with van der Waals surface area (Å²) in [7, 11) is 0. The second-order valence-electron chi connectivity index (χ2n) is 6.47.